The molecular formula is C20H20ClN3O3S. The zero-order chi connectivity index (χ0) is 20.3. The van der Waals surface area contributed by atoms with Crippen molar-refractivity contribution in [1.82, 2.24) is 10.6 Å². The predicted octanol–water partition coefficient (Wildman–Crippen LogP) is 3.79. The monoisotopic (exact) mass is 417 g/mol. The molecule has 1 amide bonds. The Kier molecular flexibility index (Phi) is 6.06. The van der Waals surface area contributed by atoms with Crippen LogP contribution in [0.2, 0.25) is 5.02 Å². The Morgan fingerprint density at radius 2 is 1.93 bits per heavy atom. The maximum atomic E-state index is 13.2. The van der Waals surface area contributed by atoms with Crippen LogP contribution in [0.1, 0.15) is 18.5 Å². The van der Waals surface area contributed by atoms with Crippen molar-refractivity contribution in [1.29, 1.82) is 0 Å². The Morgan fingerprint density at radius 3 is 2.61 bits per heavy atom. The summed E-state index contributed by atoms with van der Waals surface area (Å²) in [6, 6.07) is 11.9. The van der Waals surface area contributed by atoms with Gasteiger partial charge >= 0.3 is 0 Å². The van der Waals surface area contributed by atoms with Crippen molar-refractivity contribution in [3.8, 4) is 11.5 Å². The molecule has 1 atom stereocenters. The SMILES string of the molecule is COc1ccc(OC)c(C2NC(=S)NC(C)=C2C(=O)Nc2ccccc2Cl)c1. The van der Waals surface area contributed by atoms with Gasteiger partial charge in [0.1, 0.15) is 11.5 Å². The van der Waals surface area contributed by atoms with Gasteiger partial charge in [-0.25, -0.2) is 0 Å². The normalized spacial score (nSPS) is 16.1. The van der Waals surface area contributed by atoms with Gasteiger partial charge in [0.05, 0.1) is 36.5 Å². The molecule has 1 unspecified atom stereocenters. The van der Waals surface area contributed by atoms with E-state index in [1.807, 2.05) is 6.07 Å². The van der Waals surface area contributed by atoms with Gasteiger partial charge in [-0.05, 0) is 49.5 Å². The number of nitrogens with one attached hydrogen (secondary N) is 3. The first-order valence-corrected chi connectivity index (χ1v) is 9.29. The molecule has 6 nitrogen and oxygen atoms in total. The van der Waals surface area contributed by atoms with Crippen LogP contribution in [0.4, 0.5) is 5.69 Å². The van der Waals surface area contributed by atoms with E-state index >= 15 is 0 Å². The first-order valence-electron chi connectivity index (χ1n) is 8.50. The van der Waals surface area contributed by atoms with Crippen LogP contribution in [0.5, 0.6) is 11.5 Å². The van der Waals surface area contributed by atoms with Gasteiger partial charge in [0.25, 0.3) is 5.91 Å². The average molecular weight is 418 g/mol. The third kappa shape index (κ3) is 4.05. The fourth-order valence-corrected chi connectivity index (χ4v) is 3.50. The fourth-order valence-electron chi connectivity index (χ4n) is 3.05. The van der Waals surface area contributed by atoms with Crippen LogP contribution in [0.3, 0.4) is 0 Å². The second-order valence-electron chi connectivity index (χ2n) is 6.11. The quantitative estimate of drug-likeness (QED) is 0.643. The van der Waals surface area contributed by atoms with E-state index in [0.717, 1.165) is 5.56 Å². The number of benzene rings is 2. The summed E-state index contributed by atoms with van der Waals surface area (Å²) in [6.45, 7) is 1.80. The number of methoxy groups -OCH3 is 2. The Morgan fingerprint density at radius 1 is 1.18 bits per heavy atom. The first kappa shape index (κ1) is 20.0. The maximum absolute atomic E-state index is 13.2. The van der Waals surface area contributed by atoms with Crippen LogP contribution < -0.4 is 25.4 Å². The lowest BCUT2D eigenvalue weighted by molar-refractivity contribution is -0.113. The Bertz CT molecular complexity index is 961. The van der Waals surface area contributed by atoms with E-state index in [1.54, 1.807) is 57.5 Å². The largest absolute Gasteiger partial charge is 0.497 e. The third-order valence-corrected chi connectivity index (χ3v) is 4.93. The van der Waals surface area contributed by atoms with Gasteiger partial charge in [0, 0.05) is 11.3 Å². The molecule has 2 aromatic carbocycles. The number of carbonyl (C=O) groups is 1. The minimum absolute atomic E-state index is 0.303. The molecule has 0 radical (unpaired) electrons. The molecule has 28 heavy (non-hydrogen) atoms. The molecule has 146 valence electrons. The zero-order valence-corrected chi connectivity index (χ0v) is 17.2. The number of halogens is 1. The second-order valence-corrected chi connectivity index (χ2v) is 6.93. The minimum atomic E-state index is -0.527. The molecule has 0 saturated heterocycles. The smallest absolute Gasteiger partial charge is 0.255 e. The van der Waals surface area contributed by atoms with Gasteiger partial charge in [-0.15, -0.1) is 0 Å². The molecule has 3 rings (SSSR count). The molecule has 1 heterocycles. The molecule has 3 N–H and O–H groups in total. The summed E-state index contributed by atoms with van der Waals surface area (Å²) in [6.07, 6.45) is 0. The molecular weight excluding hydrogens is 398 g/mol. The van der Waals surface area contributed by atoms with Crippen molar-refractivity contribution >= 4 is 40.5 Å². The van der Waals surface area contributed by atoms with E-state index in [-0.39, 0.29) is 5.91 Å². The van der Waals surface area contributed by atoms with Crippen molar-refractivity contribution < 1.29 is 14.3 Å². The number of anilines is 1. The summed E-state index contributed by atoms with van der Waals surface area (Å²) in [7, 11) is 3.16. The number of hydrogen-bond acceptors (Lipinski definition) is 4. The van der Waals surface area contributed by atoms with Gasteiger partial charge < -0.3 is 25.4 Å². The summed E-state index contributed by atoms with van der Waals surface area (Å²) >= 11 is 11.5. The van der Waals surface area contributed by atoms with Crippen LogP contribution in [-0.4, -0.2) is 25.2 Å². The second kappa shape index (κ2) is 8.50. The van der Waals surface area contributed by atoms with Crippen LogP contribution in [-0.2, 0) is 4.79 Å². The van der Waals surface area contributed by atoms with E-state index in [1.165, 1.54) is 0 Å². The number of carbonyl (C=O) groups excluding carboxylic acids is 1. The van der Waals surface area contributed by atoms with Gasteiger partial charge in [0.15, 0.2) is 5.11 Å². The van der Waals surface area contributed by atoms with Crippen molar-refractivity contribution in [2.75, 3.05) is 19.5 Å². The van der Waals surface area contributed by atoms with E-state index in [4.69, 9.17) is 33.3 Å². The van der Waals surface area contributed by atoms with Crippen LogP contribution >= 0.6 is 23.8 Å². The molecule has 0 fully saturated rings. The van der Waals surface area contributed by atoms with E-state index in [2.05, 4.69) is 16.0 Å². The number of rotatable bonds is 5. The predicted molar refractivity (Wildman–Crippen MR) is 114 cm³/mol. The average Bonchev–Trinajstić information content (AvgIpc) is 2.68. The minimum Gasteiger partial charge on any atom is -0.497 e. The number of amides is 1. The van der Waals surface area contributed by atoms with Crippen molar-refractivity contribution in [2.24, 2.45) is 0 Å². The van der Waals surface area contributed by atoms with Crippen LogP contribution in [0.25, 0.3) is 0 Å². The van der Waals surface area contributed by atoms with Crippen LogP contribution in [0.15, 0.2) is 53.7 Å². The molecule has 0 aromatic heterocycles. The molecule has 0 spiro atoms. The highest BCUT2D eigenvalue weighted by atomic mass is 35.5. The lowest BCUT2D eigenvalue weighted by atomic mass is 9.94. The molecule has 0 saturated carbocycles. The Balaban J connectivity index is 2.04. The molecule has 1 aliphatic rings. The Hall–Kier alpha value is -2.77. The third-order valence-electron chi connectivity index (χ3n) is 4.38. The van der Waals surface area contributed by atoms with E-state index in [0.29, 0.717) is 38.6 Å². The van der Waals surface area contributed by atoms with Crippen molar-refractivity contribution in [2.45, 2.75) is 13.0 Å². The topological polar surface area (TPSA) is 71.6 Å². The summed E-state index contributed by atoms with van der Waals surface area (Å²) < 4.78 is 10.8. The molecule has 0 bridgehead atoms. The molecule has 0 aliphatic carbocycles. The number of hydrogen-bond donors (Lipinski definition) is 3. The first-order chi connectivity index (χ1) is 13.4. The molecule has 1 aliphatic heterocycles. The standard InChI is InChI=1S/C20H20ClN3O3S/c1-11-17(19(25)23-15-7-5-4-6-14(15)21)18(24-20(28)22-11)13-10-12(26-2)8-9-16(13)27-3/h4-10,18H,1-3H3,(H,23,25)(H2,22,24,28). The molecule has 8 heteroatoms. The van der Waals surface area contributed by atoms with E-state index < -0.39 is 6.04 Å². The number of para-hydroxylation sites is 1. The van der Waals surface area contributed by atoms with Gasteiger partial charge in [0.2, 0.25) is 0 Å². The number of allylic oxidation sites excluding steroid dienone is 1. The zero-order valence-electron chi connectivity index (χ0n) is 15.6. The summed E-state index contributed by atoms with van der Waals surface area (Å²) in [5, 5.41) is 9.90. The fraction of sp³-hybridized carbons (Fsp3) is 0.200. The highest BCUT2D eigenvalue weighted by Gasteiger charge is 2.32. The van der Waals surface area contributed by atoms with Gasteiger partial charge in [-0.2, -0.15) is 0 Å². The summed E-state index contributed by atoms with van der Waals surface area (Å²) in [4.78, 5) is 13.2. The number of ether oxygens (including phenoxy) is 2. The summed E-state index contributed by atoms with van der Waals surface area (Å²) in [5.41, 5.74) is 2.37. The highest BCUT2D eigenvalue weighted by Crippen LogP contribution is 2.36. The lowest BCUT2D eigenvalue weighted by Crippen LogP contribution is -2.45. The molecule has 2 aromatic rings. The van der Waals surface area contributed by atoms with Gasteiger partial charge in [-0.3, -0.25) is 4.79 Å². The van der Waals surface area contributed by atoms with Gasteiger partial charge in [-0.1, -0.05) is 23.7 Å². The van der Waals surface area contributed by atoms with Crippen LogP contribution in [0, 0.1) is 0 Å². The highest BCUT2D eigenvalue weighted by molar-refractivity contribution is 7.80. The van der Waals surface area contributed by atoms with Crippen molar-refractivity contribution in [3.63, 3.8) is 0 Å². The van der Waals surface area contributed by atoms with Crippen molar-refractivity contribution in [3.05, 3.63) is 64.3 Å². The maximum Gasteiger partial charge on any atom is 0.255 e. The number of thiocarbonyl (C=S) groups is 1. The van der Waals surface area contributed by atoms with E-state index in [9.17, 15) is 4.79 Å². The summed E-state index contributed by atoms with van der Waals surface area (Å²) in [5.74, 6) is 0.951. The lowest BCUT2D eigenvalue weighted by Gasteiger charge is -2.31. The Labute approximate surface area is 173 Å².